The summed E-state index contributed by atoms with van der Waals surface area (Å²) < 4.78 is 14.3. The number of ether oxygens (including phenoxy) is 2. The lowest BCUT2D eigenvalue weighted by Crippen LogP contribution is -2.18. The molecule has 2 heterocycles. The molecule has 0 spiro atoms. The molecule has 0 saturated carbocycles. The maximum absolute atomic E-state index is 13.4. The Morgan fingerprint density at radius 3 is 2.10 bits per heavy atom. The van der Waals surface area contributed by atoms with Gasteiger partial charge >= 0.3 is 0 Å². The molecule has 0 atom stereocenters. The lowest BCUT2D eigenvalue weighted by atomic mass is 9.91. The number of aryl methyl sites for hydroxylation is 1. The molecule has 0 bridgehead atoms. The number of aromatic nitrogens is 1. The van der Waals surface area contributed by atoms with Crippen molar-refractivity contribution in [1.82, 2.24) is 4.57 Å². The summed E-state index contributed by atoms with van der Waals surface area (Å²) >= 11 is 1.47. The van der Waals surface area contributed by atoms with E-state index in [-0.39, 0.29) is 5.91 Å². The molecule has 30 heavy (non-hydrogen) atoms. The standard InChI is InChI=1S/C24H20N2O3S/c1-26-18-14-19-20(29-13-12-28-19)15-21(18)30-24(26)25-23(27)22(16-8-4-2-5-9-16)17-10-6-3-7-11-17/h2-11,14-15,22H,12-13H2,1H3. The first kappa shape index (κ1) is 18.6. The number of carbonyl (C=O) groups excluding carboxylic acids is 1. The quantitative estimate of drug-likeness (QED) is 0.501. The van der Waals surface area contributed by atoms with Crippen molar-refractivity contribution < 1.29 is 14.3 Å². The molecule has 1 aliphatic rings. The van der Waals surface area contributed by atoms with Gasteiger partial charge in [-0.25, -0.2) is 0 Å². The average molecular weight is 417 g/mol. The highest BCUT2D eigenvalue weighted by atomic mass is 32.1. The molecule has 0 saturated heterocycles. The van der Waals surface area contributed by atoms with Crippen LogP contribution in [0.4, 0.5) is 0 Å². The fourth-order valence-electron chi connectivity index (χ4n) is 3.70. The predicted octanol–water partition coefficient (Wildman–Crippen LogP) is 4.27. The molecule has 4 aromatic rings. The van der Waals surface area contributed by atoms with Gasteiger partial charge in [-0.15, -0.1) is 0 Å². The maximum atomic E-state index is 13.4. The minimum atomic E-state index is -0.447. The van der Waals surface area contributed by atoms with Gasteiger partial charge in [0.25, 0.3) is 5.91 Å². The van der Waals surface area contributed by atoms with Crippen LogP contribution >= 0.6 is 11.3 Å². The topological polar surface area (TPSA) is 52.8 Å². The molecule has 0 aliphatic carbocycles. The summed E-state index contributed by atoms with van der Waals surface area (Å²) in [7, 11) is 1.92. The van der Waals surface area contributed by atoms with E-state index in [2.05, 4.69) is 4.99 Å². The van der Waals surface area contributed by atoms with Crippen molar-refractivity contribution in [3.63, 3.8) is 0 Å². The fourth-order valence-corrected chi connectivity index (χ4v) is 4.73. The van der Waals surface area contributed by atoms with Crippen LogP contribution in [-0.4, -0.2) is 23.7 Å². The number of amides is 1. The molecule has 150 valence electrons. The Morgan fingerprint density at radius 2 is 1.50 bits per heavy atom. The van der Waals surface area contributed by atoms with Gasteiger partial charge in [0.2, 0.25) is 0 Å². The van der Waals surface area contributed by atoms with Crippen LogP contribution in [-0.2, 0) is 11.8 Å². The second kappa shape index (κ2) is 7.80. The van der Waals surface area contributed by atoms with E-state index in [1.807, 2.05) is 84.4 Å². The maximum Gasteiger partial charge on any atom is 0.260 e. The number of rotatable bonds is 3. The Labute approximate surface area is 177 Å². The molecular weight excluding hydrogens is 396 g/mol. The number of carbonyl (C=O) groups is 1. The highest BCUT2D eigenvalue weighted by Gasteiger charge is 2.23. The third-order valence-electron chi connectivity index (χ3n) is 5.19. The largest absolute Gasteiger partial charge is 0.486 e. The highest BCUT2D eigenvalue weighted by Crippen LogP contribution is 2.35. The van der Waals surface area contributed by atoms with E-state index in [1.54, 1.807) is 0 Å². The summed E-state index contributed by atoms with van der Waals surface area (Å²) in [6.45, 7) is 1.08. The molecule has 3 aromatic carbocycles. The van der Waals surface area contributed by atoms with Gasteiger partial charge in [-0.1, -0.05) is 72.0 Å². The van der Waals surface area contributed by atoms with Crippen LogP contribution in [0.15, 0.2) is 77.8 Å². The van der Waals surface area contributed by atoms with Crippen LogP contribution in [0.25, 0.3) is 10.2 Å². The molecule has 0 N–H and O–H groups in total. The van der Waals surface area contributed by atoms with E-state index in [1.165, 1.54) is 11.3 Å². The van der Waals surface area contributed by atoms with Crippen LogP contribution in [0.3, 0.4) is 0 Å². The zero-order valence-corrected chi connectivity index (χ0v) is 17.3. The first-order valence-electron chi connectivity index (χ1n) is 9.78. The van der Waals surface area contributed by atoms with Crippen molar-refractivity contribution in [2.45, 2.75) is 5.92 Å². The van der Waals surface area contributed by atoms with Crippen LogP contribution in [0, 0.1) is 0 Å². The second-order valence-corrected chi connectivity index (χ2v) is 8.12. The molecule has 5 rings (SSSR count). The van der Waals surface area contributed by atoms with Gasteiger partial charge in [0.1, 0.15) is 13.2 Å². The van der Waals surface area contributed by atoms with E-state index < -0.39 is 5.92 Å². The van der Waals surface area contributed by atoms with Crippen molar-refractivity contribution >= 4 is 27.5 Å². The third-order valence-corrected chi connectivity index (χ3v) is 6.29. The lowest BCUT2D eigenvalue weighted by Gasteiger charge is -2.18. The van der Waals surface area contributed by atoms with Gasteiger partial charge in [0, 0.05) is 19.2 Å². The van der Waals surface area contributed by atoms with Crippen molar-refractivity contribution in [3.05, 3.63) is 88.7 Å². The Bertz CT molecular complexity index is 1240. The van der Waals surface area contributed by atoms with Crippen molar-refractivity contribution in [1.29, 1.82) is 0 Å². The van der Waals surface area contributed by atoms with Gasteiger partial charge < -0.3 is 14.0 Å². The fraction of sp³-hybridized carbons (Fsp3) is 0.167. The van der Waals surface area contributed by atoms with Gasteiger partial charge in [0.05, 0.1) is 16.1 Å². The first-order chi connectivity index (χ1) is 14.7. The monoisotopic (exact) mass is 416 g/mol. The van der Waals surface area contributed by atoms with Crippen molar-refractivity contribution in [3.8, 4) is 11.5 Å². The number of hydrogen-bond donors (Lipinski definition) is 0. The summed E-state index contributed by atoms with van der Waals surface area (Å²) in [6, 6.07) is 23.5. The van der Waals surface area contributed by atoms with Gasteiger partial charge in [-0.05, 0) is 11.1 Å². The number of hydrogen-bond acceptors (Lipinski definition) is 4. The van der Waals surface area contributed by atoms with E-state index in [4.69, 9.17) is 9.47 Å². The van der Waals surface area contributed by atoms with E-state index >= 15 is 0 Å². The van der Waals surface area contributed by atoms with Gasteiger partial charge in [0.15, 0.2) is 16.3 Å². The minimum absolute atomic E-state index is 0.188. The molecule has 6 heteroatoms. The Hall–Kier alpha value is -3.38. The first-order valence-corrected chi connectivity index (χ1v) is 10.6. The third kappa shape index (κ3) is 3.39. The van der Waals surface area contributed by atoms with Crippen LogP contribution in [0.5, 0.6) is 11.5 Å². The van der Waals surface area contributed by atoms with E-state index in [0.717, 1.165) is 32.8 Å². The molecule has 0 radical (unpaired) electrons. The smallest absolute Gasteiger partial charge is 0.260 e. The molecule has 0 unspecified atom stereocenters. The number of nitrogens with zero attached hydrogens (tertiary/aromatic N) is 2. The predicted molar refractivity (Wildman–Crippen MR) is 117 cm³/mol. The molecule has 1 amide bonds. The molecular formula is C24H20N2O3S. The SMILES string of the molecule is Cn1c(=NC(=O)C(c2ccccc2)c2ccccc2)sc2cc3c(cc21)OCCO3. The number of thiazole rings is 1. The number of benzene rings is 3. The van der Waals surface area contributed by atoms with Crippen molar-refractivity contribution in [2.75, 3.05) is 13.2 Å². The molecule has 5 nitrogen and oxygen atoms in total. The van der Waals surface area contributed by atoms with Gasteiger partial charge in [-0.3, -0.25) is 4.79 Å². The van der Waals surface area contributed by atoms with Crippen LogP contribution in [0.1, 0.15) is 17.0 Å². The summed E-state index contributed by atoms with van der Waals surface area (Å²) in [6.07, 6.45) is 0. The zero-order valence-electron chi connectivity index (χ0n) is 16.4. The summed E-state index contributed by atoms with van der Waals surface area (Å²) in [5.74, 6) is 0.829. The molecule has 1 aliphatic heterocycles. The van der Waals surface area contributed by atoms with E-state index in [0.29, 0.717) is 18.0 Å². The number of fused-ring (bicyclic) bond motifs is 2. The summed E-state index contributed by atoms with van der Waals surface area (Å²) in [5.41, 5.74) is 2.82. The second-order valence-electron chi connectivity index (χ2n) is 7.11. The average Bonchev–Trinajstić information content (AvgIpc) is 3.08. The van der Waals surface area contributed by atoms with Gasteiger partial charge in [-0.2, -0.15) is 4.99 Å². The molecule has 1 aromatic heterocycles. The minimum Gasteiger partial charge on any atom is -0.486 e. The normalized spacial score (nSPS) is 13.7. The zero-order chi connectivity index (χ0) is 20.5. The Morgan fingerprint density at radius 1 is 0.933 bits per heavy atom. The van der Waals surface area contributed by atoms with Crippen LogP contribution in [0.2, 0.25) is 0 Å². The Balaban J connectivity index is 1.61. The lowest BCUT2D eigenvalue weighted by molar-refractivity contribution is -0.118. The van der Waals surface area contributed by atoms with E-state index in [9.17, 15) is 4.79 Å². The highest BCUT2D eigenvalue weighted by molar-refractivity contribution is 7.16. The molecule has 0 fully saturated rings. The van der Waals surface area contributed by atoms with Crippen LogP contribution < -0.4 is 14.3 Å². The summed E-state index contributed by atoms with van der Waals surface area (Å²) in [5, 5.41) is 0. The van der Waals surface area contributed by atoms with Crippen molar-refractivity contribution in [2.24, 2.45) is 12.0 Å². The summed E-state index contributed by atoms with van der Waals surface area (Å²) in [4.78, 5) is 18.6. The Kier molecular flexibility index (Phi) is 4.85.